The van der Waals surface area contributed by atoms with Gasteiger partial charge in [-0.1, -0.05) is 26.0 Å². The summed E-state index contributed by atoms with van der Waals surface area (Å²) in [5.74, 6) is 1.08. The van der Waals surface area contributed by atoms with Crippen molar-refractivity contribution < 1.29 is 14.3 Å². The van der Waals surface area contributed by atoms with Gasteiger partial charge >= 0.3 is 0 Å². The molecule has 1 N–H and O–H groups in total. The Labute approximate surface area is 181 Å². The summed E-state index contributed by atoms with van der Waals surface area (Å²) in [5.41, 5.74) is 0.297. The van der Waals surface area contributed by atoms with Crippen molar-refractivity contribution in [3.05, 3.63) is 57.8 Å². The van der Waals surface area contributed by atoms with Gasteiger partial charge in [-0.2, -0.15) is 4.98 Å². The summed E-state index contributed by atoms with van der Waals surface area (Å²) < 4.78 is 7.10. The first-order valence-electron chi connectivity index (χ1n) is 10.6. The predicted molar refractivity (Wildman–Crippen MR) is 115 cm³/mol. The maximum atomic E-state index is 12.7. The van der Waals surface area contributed by atoms with Crippen LogP contribution in [0.15, 0.2) is 35.3 Å². The molecule has 2 aliphatic heterocycles. The molecule has 1 fully saturated rings. The number of benzene rings is 1. The highest BCUT2D eigenvalue weighted by atomic mass is 16.5. The van der Waals surface area contributed by atoms with Crippen molar-refractivity contribution in [3.63, 3.8) is 0 Å². The van der Waals surface area contributed by atoms with E-state index in [-0.39, 0.29) is 29.3 Å². The first-order valence-corrected chi connectivity index (χ1v) is 10.6. The molecule has 164 valence electrons. The molecule has 4 rings (SSSR count). The summed E-state index contributed by atoms with van der Waals surface area (Å²) in [7, 11) is 1.59. The highest BCUT2D eigenvalue weighted by molar-refractivity contribution is 5.93. The fraction of sp³-hybridized carbons (Fsp3) is 0.478. The number of rotatable bonds is 5. The van der Waals surface area contributed by atoms with Crippen LogP contribution in [-0.4, -0.2) is 46.5 Å². The molecule has 1 aromatic carbocycles. The van der Waals surface area contributed by atoms with Gasteiger partial charge < -0.3 is 19.5 Å². The molecule has 0 bridgehead atoms. The van der Waals surface area contributed by atoms with Gasteiger partial charge in [-0.15, -0.1) is 0 Å². The zero-order chi connectivity index (χ0) is 22.2. The molecular weight excluding hydrogens is 396 g/mol. The molecule has 0 aliphatic carbocycles. The first kappa shape index (κ1) is 21.1. The number of nitrogens with zero attached hydrogens (tertiary/aromatic N) is 3. The lowest BCUT2D eigenvalue weighted by molar-refractivity contribution is -0.133. The number of carbonyl (C=O) groups is 2. The monoisotopic (exact) mass is 424 g/mol. The smallest absolute Gasteiger partial charge is 0.285 e. The summed E-state index contributed by atoms with van der Waals surface area (Å²) in [6, 6.07) is 7.39. The van der Waals surface area contributed by atoms with Crippen molar-refractivity contribution in [2.45, 2.75) is 39.8 Å². The van der Waals surface area contributed by atoms with Gasteiger partial charge in [-0.05, 0) is 24.1 Å². The van der Waals surface area contributed by atoms with E-state index in [1.807, 2.05) is 47.6 Å². The molecule has 2 aromatic rings. The predicted octanol–water partition coefficient (Wildman–Crippen LogP) is 1.61. The number of likely N-dealkylation sites (tertiary alicyclic amines) is 1. The number of hydrogen-bond donors (Lipinski definition) is 1. The Morgan fingerprint density at radius 1 is 1.29 bits per heavy atom. The van der Waals surface area contributed by atoms with Gasteiger partial charge in [0, 0.05) is 50.1 Å². The number of methoxy groups -OCH3 is 1. The Balaban J connectivity index is 1.46. The number of amides is 2. The minimum atomic E-state index is -0.514. The minimum Gasteiger partial charge on any atom is -0.497 e. The minimum absolute atomic E-state index is 0.0298. The Hall–Kier alpha value is -3.16. The molecule has 1 aromatic heterocycles. The Kier molecular flexibility index (Phi) is 5.56. The van der Waals surface area contributed by atoms with Gasteiger partial charge in [0.25, 0.3) is 11.5 Å². The molecule has 31 heavy (non-hydrogen) atoms. The standard InChI is InChI=1S/C23H28N4O4/c1-15(2)22(30)26-8-7-23(13-26)10-19-25-21(29)18(12-27(19)14-23)20(28)24-11-16-5-4-6-17(9-16)31-3/h4-6,9,12,15H,7-8,10-11,13-14H2,1-3H3,(H,24,28)/t23-/m1/s1. The van der Waals surface area contributed by atoms with E-state index in [2.05, 4.69) is 10.3 Å². The SMILES string of the molecule is COc1cccc(CNC(=O)c2cn3c(nc2=O)C[C@@]2(CCN(C(=O)C(C)C)C2)C3)c1. The van der Waals surface area contributed by atoms with Crippen LogP contribution in [-0.2, 0) is 24.3 Å². The van der Waals surface area contributed by atoms with Gasteiger partial charge in [-0.3, -0.25) is 14.4 Å². The Morgan fingerprint density at radius 2 is 2.10 bits per heavy atom. The van der Waals surface area contributed by atoms with Crippen molar-refractivity contribution in [1.82, 2.24) is 19.8 Å². The van der Waals surface area contributed by atoms with Crippen LogP contribution < -0.4 is 15.6 Å². The fourth-order valence-electron chi connectivity index (χ4n) is 4.54. The summed E-state index contributed by atoms with van der Waals surface area (Å²) in [4.78, 5) is 43.7. The largest absolute Gasteiger partial charge is 0.497 e. The van der Waals surface area contributed by atoms with Gasteiger partial charge in [0.15, 0.2) is 0 Å². The molecule has 0 unspecified atom stereocenters. The van der Waals surface area contributed by atoms with Crippen LogP contribution in [0, 0.1) is 11.3 Å². The van der Waals surface area contributed by atoms with Gasteiger partial charge in [0.2, 0.25) is 5.91 Å². The lowest BCUT2D eigenvalue weighted by Crippen LogP contribution is -2.35. The molecule has 0 radical (unpaired) electrons. The highest BCUT2D eigenvalue weighted by Crippen LogP contribution is 2.40. The third-order valence-corrected chi connectivity index (χ3v) is 6.19. The van der Waals surface area contributed by atoms with E-state index in [1.165, 1.54) is 0 Å². The maximum Gasteiger partial charge on any atom is 0.285 e. The molecule has 8 heteroatoms. The van der Waals surface area contributed by atoms with Crippen LogP contribution in [0.25, 0.3) is 0 Å². The second-order valence-corrected chi connectivity index (χ2v) is 8.88. The lowest BCUT2D eigenvalue weighted by atomic mass is 9.86. The molecule has 1 saturated heterocycles. The van der Waals surface area contributed by atoms with Crippen molar-refractivity contribution in [3.8, 4) is 5.75 Å². The average Bonchev–Trinajstić information content (AvgIpc) is 3.33. The third kappa shape index (κ3) is 4.19. The number of fused-ring (bicyclic) bond motifs is 1. The summed E-state index contributed by atoms with van der Waals surface area (Å²) in [6.07, 6.45) is 3.14. The first-order chi connectivity index (χ1) is 14.8. The Morgan fingerprint density at radius 3 is 2.84 bits per heavy atom. The van der Waals surface area contributed by atoms with Crippen LogP contribution in [0.5, 0.6) is 5.75 Å². The molecule has 2 aliphatic rings. The summed E-state index contributed by atoms with van der Waals surface area (Å²) in [5, 5.41) is 2.79. The van der Waals surface area contributed by atoms with Crippen molar-refractivity contribution in [2.75, 3.05) is 20.2 Å². The zero-order valence-electron chi connectivity index (χ0n) is 18.2. The number of carbonyl (C=O) groups excluding carboxylic acids is 2. The summed E-state index contributed by atoms with van der Waals surface area (Å²) in [6.45, 7) is 6.16. The fourth-order valence-corrected chi connectivity index (χ4v) is 4.54. The molecule has 2 amide bonds. The Bertz CT molecular complexity index is 1080. The molecule has 0 saturated carbocycles. The maximum absolute atomic E-state index is 12.7. The number of hydrogen-bond acceptors (Lipinski definition) is 5. The van der Waals surface area contributed by atoms with Crippen LogP contribution in [0.3, 0.4) is 0 Å². The topological polar surface area (TPSA) is 93.5 Å². The number of aromatic nitrogens is 2. The van der Waals surface area contributed by atoms with Gasteiger partial charge in [-0.25, -0.2) is 0 Å². The van der Waals surface area contributed by atoms with Gasteiger partial charge in [0.05, 0.1) is 7.11 Å². The van der Waals surface area contributed by atoms with Crippen molar-refractivity contribution >= 4 is 11.8 Å². The van der Waals surface area contributed by atoms with E-state index in [1.54, 1.807) is 13.3 Å². The van der Waals surface area contributed by atoms with Crippen LogP contribution >= 0.6 is 0 Å². The molecule has 8 nitrogen and oxygen atoms in total. The van der Waals surface area contributed by atoms with E-state index in [0.717, 1.165) is 18.5 Å². The van der Waals surface area contributed by atoms with E-state index in [4.69, 9.17) is 4.74 Å². The van der Waals surface area contributed by atoms with Crippen molar-refractivity contribution in [1.29, 1.82) is 0 Å². The molecule has 1 atom stereocenters. The quantitative estimate of drug-likeness (QED) is 0.787. The van der Waals surface area contributed by atoms with E-state index < -0.39 is 11.5 Å². The van der Waals surface area contributed by atoms with E-state index in [9.17, 15) is 14.4 Å². The van der Waals surface area contributed by atoms with Crippen LogP contribution in [0.4, 0.5) is 0 Å². The highest BCUT2D eigenvalue weighted by Gasteiger charge is 2.45. The zero-order valence-corrected chi connectivity index (χ0v) is 18.2. The second kappa shape index (κ2) is 8.17. The number of ether oxygens (including phenoxy) is 1. The third-order valence-electron chi connectivity index (χ3n) is 6.19. The summed E-state index contributed by atoms with van der Waals surface area (Å²) >= 11 is 0. The van der Waals surface area contributed by atoms with Gasteiger partial charge in [0.1, 0.15) is 17.1 Å². The normalized spacial score (nSPS) is 19.7. The van der Waals surface area contributed by atoms with Crippen molar-refractivity contribution in [2.24, 2.45) is 11.3 Å². The average molecular weight is 425 g/mol. The molecular formula is C23H28N4O4. The van der Waals surface area contributed by atoms with E-state index >= 15 is 0 Å². The second-order valence-electron chi connectivity index (χ2n) is 8.88. The van der Waals surface area contributed by atoms with Crippen LogP contribution in [0.1, 0.15) is 42.0 Å². The molecule has 1 spiro atoms. The lowest BCUT2D eigenvalue weighted by Gasteiger charge is -2.24. The number of nitrogens with one attached hydrogen (secondary N) is 1. The van der Waals surface area contributed by atoms with Crippen LogP contribution in [0.2, 0.25) is 0 Å². The molecule has 3 heterocycles. The van der Waals surface area contributed by atoms with E-state index in [0.29, 0.717) is 31.1 Å².